The van der Waals surface area contributed by atoms with Crippen LogP contribution in [0.1, 0.15) is 23.5 Å². The minimum absolute atomic E-state index is 0.485. The van der Waals surface area contributed by atoms with Gasteiger partial charge in [-0.1, -0.05) is 24.3 Å². The molecule has 1 aromatic carbocycles. The average Bonchev–Trinajstić information content (AvgIpc) is 2.54. The van der Waals surface area contributed by atoms with Crippen LogP contribution < -0.4 is 0 Å². The Hall–Kier alpha value is -1.15. The summed E-state index contributed by atoms with van der Waals surface area (Å²) >= 11 is 0. The number of benzene rings is 1. The summed E-state index contributed by atoms with van der Waals surface area (Å²) in [5, 5.41) is 8.20. The van der Waals surface area contributed by atoms with Gasteiger partial charge in [0.05, 0.1) is 0 Å². The van der Waals surface area contributed by atoms with E-state index in [1.807, 2.05) is 0 Å². The van der Waals surface area contributed by atoms with E-state index in [4.69, 9.17) is 5.41 Å². The van der Waals surface area contributed by atoms with E-state index in [1.165, 1.54) is 11.1 Å². The molecule has 15 heavy (non-hydrogen) atoms. The maximum Gasteiger partial charge on any atom is 0.0427 e. The lowest BCUT2D eigenvalue weighted by Gasteiger charge is -2.32. The molecule has 0 saturated carbocycles. The highest BCUT2D eigenvalue weighted by atomic mass is 15.1. The zero-order chi connectivity index (χ0) is 10.4. The van der Waals surface area contributed by atoms with Gasteiger partial charge in [0.25, 0.3) is 0 Å². The Balaban J connectivity index is 2.06. The van der Waals surface area contributed by atoms with Crippen LogP contribution in [-0.2, 0) is 0 Å². The molecule has 1 heterocycles. The highest BCUT2D eigenvalue weighted by Crippen LogP contribution is 2.42. The van der Waals surface area contributed by atoms with Gasteiger partial charge in [-0.15, -0.1) is 0 Å². The van der Waals surface area contributed by atoms with Crippen molar-refractivity contribution >= 4 is 5.71 Å². The van der Waals surface area contributed by atoms with Crippen LogP contribution in [0.3, 0.4) is 0 Å². The van der Waals surface area contributed by atoms with Crippen molar-refractivity contribution in [3.05, 3.63) is 35.4 Å². The fourth-order valence-electron chi connectivity index (χ4n) is 3.04. The van der Waals surface area contributed by atoms with Gasteiger partial charge in [-0.05, 0) is 31.1 Å². The van der Waals surface area contributed by atoms with Crippen molar-refractivity contribution in [3.8, 4) is 0 Å². The van der Waals surface area contributed by atoms with Crippen LogP contribution in [0.2, 0.25) is 0 Å². The van der Waals surface area contributed by atoms with Crippen molar-refractivity contribution in [2.75, 3.05) is 20.1 Å². The van der Waals surface area contributed by atoms with E-state index in [9.17, 15) is 0 Å². The molecule has 0 aromatic heterocycles. The van der Waals surface area contributed by atoms with Crippen molar-refractivity contribution in [3.63, 3.8) is 0 Å². The Morgan fingerprint density at radius 2 is 2.07 bits per heavy atom. The first kappa shape index (κ1) is 9.10. The first-order valence-corrected chi connectivity index (χ1v) is 5.63. The minimum atomic E-state index is 0.485. The molecule has 2 nitrogen and oxygen atoms in total. The second kappa shape index (κ2) is 3.17. The Bertz CT molecular complexity index is 411. The molecule has 1 saturated heterocycles. The van der Waals surface area contributed by atoms with Gasteiger partial charge in [0.15, 0.2) is 0 Å². The van der Waals surface area contributed by atoms with E-state index in [2.05, 4.69) is 36.2 Å². The third-order valence-corrected chi connectivity index (χ3v) is 3.84. The molecular formula is C13H16N2. The number of likely N-dealkylation sites (tertiary alicyclic amines) is 1. The molecule has 1 aliphatic heterocycles. The zero-order valence-corrected chi connectivity index (χ0v) is 9.03. The van der Waals surface area contributed by atoms with E-state index >= 15 is 0 Å². The van der Waals surface area contributed by atoms with Gasteiger partial charge in [0.2, 0.25) is 0 Å². The molecule has 1 N–H and O–H groups in total. The number of hydrogen-bond acceptors (Lipinski definition) is 2. The fourth-order valence-corrected chi connectivity index (χ4v) is 3.04. The third kappa shape index (κ3) is 1.25. The lowest BCUT2D eigenvalue weighted by molar-refractivity contribution is 0.228. The van der Waals surface area contributed by atoms with Gasteiger partial charge in [-0.3, -0.25) is 0 Å². The molecular weight excluding hydrogens is 184 g/mol. The van der Waals surface area contributed by atoms with E-state index in [-0.39, 0.29) is 0 Å². The molecule has 3 rings (SSSR count). The van der Waals surface area contributed by atoms with Crippen molar-refractivity contribution in [2.45, 2.75) is 12.3 Å². The first-order valence-electron chi connectivity index (χ1n) is 5.63. The van der Waals surface area contributed by atoms with E-state index in [0.717, 1.165) is 25.2 Å². The monoisotopic (exact) mass is 200 g/mol. The molecule has 1 unspecified atom stereocenters. The Morgan fingerprint density at radius 3 is 2.93 bits per heavy atom. The van der Waals surface area contributed by atoms with Gasteiger partial charge in [0.1, 0.15) is 0 Å². The number of nitrogens with one attached hydrogen (secondary N) is 1. The number of likely N-dealkylation sites (N-methyl/N-ethyl adjacent to an activating group) is 1. The van der Waals surface area contributed by atoms with Crippen LogP contribution in [0.5, 0.6) is 0 Å². The topological polar surface area (TPSA) is 27.1 Å². The highest BCUT2D eigenvalue weighted by molar-refractivity contribution is 6.05. The maximum absolute atomic E-state index is 8.20. The Morgan fingerprint density at radius 1 is 1.27 bits per heavy atom. The second-order valence-electron chi connectivity index (χ2n) is 4.76. The summed E-state index contributed by atoms with van der Waals surface area (Å²) in [6.07, 6.45) is 1.15. The van der Waals surface area contributed by atoms with Crippen molar-refractivity contribution in [1.82, 2.24) is 4.90 Å². The van der Waals surface area contributed by atoms with Crippen molar-refractivity contribution in [1.29, 1.82) is 5.41 Å². The van der Waals surface area contributed by atoms with Gasteiger partial charge in [-0.25, -0.2) is 0 Å². The molecule has 2 atom stereocenters. The molecule has 1 fully saturated rings. The SMILES string of the molecule is CN1CC[C@@H]2C(=N)c3ccccc3C2C1. The van der Waals surface area contributed by atoms with Crippen LogP contribution in [0.4, 0.5) is 0 Å². The summed E-state index contributed by atoms with van der Waals surface area (Å²) in [6, 6.07) is 8.46. The molecule has 2 aliphatic rings. The Labute approximate surface area is 90.4 Å². The maximum atomic E-state index is 8.20. The molecule has 0 bridgehead atoms. The Kier molecular flexibility index (Phi) is 1.93. The van der Waals surface area contributed by atoms with Crippen LogP contribution in [0, 0.1) is 11.3 Å². The van der Waals surface area contributed by atoms with E-state index in [1.54, 1.807) is 0 Å². The van der Waals surface area contributed by atoms with Gasteiger partial charge in [0, 0.05) is 24.1 Å². The van der Waals surface area contributed by atoms with Crippen LogP contribution in [0.25, 0.3) is 0 Å². The zero-order valence-electron chi connectivity index (χ0n) is 9.03. The summed E-state index contributed by atoms with van der Waals surface area (Å²) in [7, 11) is 2.18. The summed E-state index contributed by atoms with van der Waals surface area (Å²) in [4.78, 5) is 2.39. The van der Waals surface area contributed by atoms with E-state index < -0.39 is 0 Å². The normalized spacial score (nSPS) is 30.1. The number of hydrogen-bond donors (Lipinski definition) is 1. The number of piperidine rings is 1. The summed E-state index contributed by atoms with van der Waals surface area (Å²) < 4.78 is 0. The lowest BCUT2D eigenvalue weighted by atomic mass is 9.86. The number of rotatable bonds is 0. The standard InChI is InChI=1S/C13H16N2/c1-15-7-6-11-12(8-15)9-4-2-3-5-10(9)13(11)14/h2-5,11-12,14H,6-8H2,1H3/t11-,12?/m0/s1. The average molecular weight is 200 g/mol. The predicted octanol–water partition coefficient (Wildman–Crippen LogP) is 2.10. The van der Waals surface area contributed by atoms with Gasteiger partial charge in [-0.2, -0.15) is 0 Å². The fraction of sp³-hybridized carbons (Fsp3) is 0.462. The van der Waals surface area contributed by atoms with Crippen molar-refractivity contribution < 1.29 is 0 Å². The van der Waals surface area contributed by atoms with E-state index in [0.29, 0.717) is 11.8 Å². The van der Waals surface area contributed by atoms with Crippen LogP contribution in [-0.4, -0.2) is 30.7 Å². The third-order valence-electron chi connectivity index (χ3n) is 3.84. The number of nitrogens with zero attached hydrogens (tertiary/aromatic N) is 1. The smallest absolute Gasteiger partial charge is 0.0427 e. The van der Waals surface area contributed by atoms with Crippen LogP contribution >= 0.6 is 0 Å². The quantitative estimate of drug-likeness (QED) is 0.682. The number of fused-ring (bicyclic) bond motifs is 3. The summed E-state index contributed by atoms with van der Waals surface area (Å²) in [5.74, 6) is 1.06. The summed E-state index contributed by atoms with van der Waals surface area (Å²) in [6.45, 7) is 2.25. The largest absolute Gasteiger partial charge is 0.306 e. The molecule has 2 heteroatoms. The highest BCUT2D eigenvalue weighted by Gasteiger charge is 2.39. The molecule has 0 radical (unpaired) electrons. The lowest BCUT2D eigenvalue weighted by Crippen LogP contribution is -2.36. The molecule has 1 aliphatic carbocycles. The second-order valence-corrected chi connectivity index (χ2v) is 4.76. The molecule has 0 spiro atoms. The minimum Gasteiger partial charge on any atom is -0.306 e. The van der Waals surface area contributed by atoms with Crippen molar-refractivity contribution in [2.24, 2.45) is 5.92 Å². The first-order chi connectivity index (χ1) is 7.27. The molecule has 1 aromatic rings. The predicted molar refractivity (Wildman–Crippen MR) is 61.6 cm³/mol. The van der Waals surface area contributed by atoms with Crippen LogP contribution in [0.15, 0.2) is 24.3 Å². The summed E-state index contributed by atoms with van der Waals surface area (Å²) in [5.41, 5.74) is 3.48. The van der Waals surface area contributed by atoms with Gasteiger partial charge >= 0.3 is 0 Å². The molecule has 78 valence electrons. The molecule has 0 amide bonds. The van der Waals surface area contributed by atoms with Gasteiger partial charge < -0.3 is 10.3 Å².